The number of carbonyl (C=O) groups is 2. The first kappa shape index (κ1) is 9.90. The van der Waals surface area contributed by atoms with Crippen LogP contribution in [0.5, 0.6) is 0 Å². The molecule has 1 aromatic rings. The van der Waals surface area contributed by atoms with Gasteiger partial charge in [-0.25, -0.2) is 0 Å². The molecular formula is C12H13NO2. The highest BCUT2D eigenvalue weighted by atomic mass is 16.2. The van der Waals surface area contributed by atoms with E-state index >= 15 is 0 Å². The largest absolute Gasteiger partial charge is 0.326 e. The number of carbonyl (C=O) groups excluding carboxylic acids is 2. The Kier molecular flexibility index (Phi) is 2.54. The maximum atomic E-state index is 11.5. The highest BCUT2D eigenvalue weighted by molar-refractivity contribution is 5.98. The van der Waals surface area contributed by atoms with E-state index < -0.39 is 0 Å². The van der Waals surface area contributed by atoms with Crippen molar-refractivity contribution in [1.29, 1.82) is 0 Å². The normalized spacial score (nSPS) is 14.7. The van der Waals surface area contributed by atoms with Crippen LogP contribution in [0.3, 0.4) is 0 Å². The minimum absolute atomic E-state index is 0.0116. The number of benzene rings is 1. The number of hydrogen-bond donors (Lipinski definition) is 1. The van der Waals surface area contributed by atoms with Gasteiger partial charge in [-0.1, -0.05) is 12.1 Å². The summed E-state index contributed by atoms with van der Waals surface area (Å²) in [7, 11) is 0. The van der Waals surface area contributed by atoms with Crippen molar-refractivity contribution in [2.24, 2.45) is 5.92 Å². The quantitative estimate of drug-likeness (QED) is 0.766. The molecule has 0 saturated heterocycles. The minimum Gasteiger partial charge on any atom is -0.326 e. The first-order valence-corrected chi connectivity index (χ1v) is 5.08. The van der Waals surface area contributed by atoms with Crippen LogP contribution in [0.15, 0.2) is 24.3 Å². The molecule has 78 valence electrons. The molecule has 2 rings (SSSR count). The number of amides is 1. The molecule has 0 aromatic heterocycles. The number of anilines is 1. The molecule has 1 aromatic carbocycles. The van der Waals surface area contributed by atoms with Gasteiger partial charge in [0.2, 0.25) is 5.91 Å². The molecule has 3 nitrogen and oxygen atoms in total. The monoisotopic (exact) mass is 203 g/mol. The van der Waals surface area contributed by atoms with E-state index in [1.165, 1.54) is 6.92 Å². The molecule has 1 fully saturated rings. The van der Waals surface area contributed by atoms with Crippen LogP contribution in [0.25, 0.3) is 0 Å². The number of Topliss-reactive ketones (excluding diaryl/α,β-unsaturated/α-hetero) is 1. The van der Waals surface area contributed by atoms with E-state index in [0.717, 1.165) is 12.8 Å². The number of rotatable bonds is 3. The van der Waals surface area contributed by atoms with Crippen LogP contribution in [-0.4, -0.2) is 11.7 Å². The summed E-state index contributed by atoms with van der Waals surface area (Å²) in [5, 5.41) is 2.81. The van der Waals surface area contributed by atoms with Crippen molar-refractivity contribution in [3.63, 3.8) is 0 Å². The second-order valence-corrected chi connectivity index (χ2v) is 3.90. The second kappa shape index (κ2) is 3.85. The zero-order valence-corrected chi connectivity index (χ0v) is 8.62. The van der Waals surface area contributed by atoms with E-state index in [9.17, 15) is 9.59 Å². The average molecular weight is 203 g/mol. The number of ketones is 1. The summed E-state index contributed by atoms with van der Waals surface area (Å²) in [6.07, 6.45) is 1.97. The van der Waals surface area contributed by atoms with Gasteiger partial charge in [0.05, 0.1) is 0 Å². The summed E-state index contributed by atoms with van der Waals surface area (Å²) in [6, 6.07) is 7.03. The summed E-state index contributed by atoms with van der Waals surface area (Å²) >= 11 is 0. The van der Waals surface area contributed by atoms with Gasteiger partial charge in [-0.3, -0.25) is 9.59 Å². The van der Waals surface area contributed by atoms with Gasteiger partial charge in [-0.2, -0.15) is 0 Å². The van der Waals surface area contributed by atoms with Crippen molar-refractivity contribution in [2.45, 2.75) is 19.8 Å². The topological polar surface area (TPSA) is 46.2 Å². The van der Waals surface area contributed by atoms with Crippen LogP contribution in [0.1, 0.15) is 30.1 Å². The zero-order valence-electron chi connectivity index (χ0n) is 8.62. The molecule has 0 heterocycles. The first-order valence-electron chi connectivity index (χ1n) is 5.08. The molecule has 1 amide bonds. The van der Waals surface area contributed by atoms with Gasteiger partial charge in [0.25, 0.3) is 0 Å². The van der Waals surface area contributed by atoms with Crippen molar-refractivity contribution in [3.05, 3.63) is 29.8 Å². The zero-order chi connectivity index (χ0) is 10.8. The summed E-state index contributed by atoms with van der Waals surface area (Å²) in [5.41, 5.74) is 1.34. The Morgan fingerprint density at radius 1 is 1.33 bits per heavy atom. The van der Waals surface area contributed by atoms with Crippen LogP contribution < -0.4 is 5.32 Å². The van der Waals surface area contributed by atoms with Crippen LogP contribution in [-0.2, 0) is 4.79 Å². The van der Waals surface area contributed by atoms with Gasteiger partial charge >= 0.3 is 0 Å². The standard InChI is InChI=1S/C12H13NO2/c1-8(14)10-3-2-4-11(7-10)13-12(15)9-5-6-9/h2-4,7,9H,5-6H2,1H3,(H,13,15). The number of hydrogen-bond acceptors (Lipinski definition) is 2. The summed E-state index contributed by atoms with van der Waals surface area (Å²) in [5.74, 6) is 0.263. The van der Waals surface area contributed by atoms with Gasteiger partial charge in [-0.05, 0) is 31.9 Å². The molecule has 0 bridgehead atoms. The van der Waals surface area contributed by atoms with Gasteiger partial charge in [0.15, 0.2) is 5.78 Å². The van der Waals surface area contributed by atoms with Crippen molar-refractivity contribution in [2.75, 3.05) is 5.32 Å². The lowest BCUT2D eigenvalue weighted by atomic mass is 10.1. The fourth-order valence-corrected chi connectivity index (χ4v) is 1.41. The Bertz CT molecular complexity index is 408. The lowest BCUT2D eigenvalue weighted by Crippen LogP contribution is -2.13. The molecule has 0 unspecified atom stereocenters. The molecule has 0 aliphatic heterocycles. The highest BCUT2D eigenvalue weighted by Gasteiger charge is 2.29. The number of nitrogens with one attached hydrogen (secondary N) is 1. The van der Waals surface area contributed by atoms with Crippen molar-refractivity contribution >= 4 is 17.4 Å². The summed E-state index contributed by atoms with van der Waals surface area (Å²) in [6.45, 7) is 1.52. The van der Waals surface area contributed by atoms with Crippen molar-refractivity contribution < 1.29 is 9.59 Å². The lowest BCUT2D eigenvalue weighted by Gasteiger charge is -2.04. The molecular weight excluding hydrogens is 190 g/mol. The molecule has 1 N–H and O–H groups in total. The van der Waals surface area contributed by atoms with E-state index in [0.29, 0.717) is 11.3 Å². The Hall–Kier alpha value is -1.64. The predicted molar refractivity (Wildman–Crippen MR) is 57.8 cm³/mol. The van der Waals surface area contributed by atoms with Crippen molar-refractivity contribution in [3.8, 4) is 0 Å². The third kappa shape index (κ3) is 2.43. The smallest absolute Gasteiger partial charge is 0.227 e. The molecule has 0 radical (unpaired) electrons. The minimum atomic E-state index is 0.0116. The average Bonchev–Trinajstić information content (AvgIpc) is 3.01. The maximum Gasteiger partial charge on any atom is 0.227 e. The third-order valence-corrected chi connectivity index (χ3v) is 2.48. The third-order valence-electron chi connectivity index (χ3n) is 2.48. The Morgan fingerprint density at radius 3 is 2.67 bits per heavy atom. The van der Waals surface area contributed by atoms with E-state index in [1.54, 1.807) is 24.3 Å². The van der Waals surface area contributed by atoms with Gasteiger partial charge < -0.3 is 5.32 Å². The molecule has 1 aliphatic carbocycles. The first-order chi connectivity index (χ1) is 7.16. The highest BCUT2D eigenvalue weighted by Crippen LogP contribution is 2.30. The van der Waals surface area contributed by atoms with Gasteiger partial charge in [-0.15, -0.1) is 0 Å². The molecule has 3 heteroatoms. The summed E-state index contributed by atoms with van der Waals surface area (Å²) in [4.78, 5) is 22.6. The van der Waals surface area contributed by atoms with Crippen molar-refractivity contribution in [1.82, 2.24) is 0 Å². The van der Waals surface area contributed by atoms with E-state index in [-0.39, 0.29) is 17.6 Å². The van der Waals surface area contributed by atoms with Crippen LogP contribution in [0.4, 0.5) is 5.69 Å². The summed E-state index contributed by atoms with van der Waals surface area (Å²) < 4.78 is 0. The molecule has 1 aliphatic rings. The fraction of sp³-hybridized carbons (Fsp3) is 0.333. The Labute approximate surface area is 88.5 Å². The Morgan fingerprint density at radius 2 is 2.07 bits per heavy atom. The molecule has 0 spiro atoms. The molecule has 0 atom stereocenters. The Balaban J connectivity index is 2.10. The van der Waals surface area contributed by atoms with Crippen LogP contribution in [0.2, 0.25) is 0 Å². The molecule has 1 saturated carbocycles. The van der Waals surface area contributed by atoms with Gasteiger partial charge in [0, 0.05) is 17.2 Å². The van der Waals surface area contributed by atoms with Gasteiger partial charge in [0.1, 0.15) is 0 Å². The predicted octanol–water partition coefficient (Wildman–Crippen LogP) is 2.24. The SMILES string of the molecule is CC(=O)c1cccc(NC(=O)C2CC2)c1. The van der Waals surface area contributed by atoms with Crippen LogP contribution in [0, 0.1) is 5.92 Å². The fourth-order valence-electron chi connectivity index (χ4n) is 1.41. The van der Waals surface area contributed by atoms with E-state index in [4.69, 9.17) is 0 Å². The van der Waals surface area contributed by atoms with Crippen LogP contribution >= 0.6 is 0 Å². The molecule has 15 heavy (non-hydrogen) atoms. The second-order valence-electron chi connectivity index (χ2n) is 3.90. The lowest BCUT2D eigenvalue weighted by molar-refractivity contribution is -0.117. The van der Waals surface area contributed by atoms with E-state index in [1.807, 2.05) is 0 Å². The van der Waals surface area contributed by atoms with E-state index in [2.05, 4.69) is 5.32 Å². The maximum absolute atomic E-state index is 11.5.